The van der Waals surface area contributed by atoms with Crippen LogP contribution in [-0.4, -0.2) is 45.3 Å². The van der Waals surface area contributed by atoms with Crippen molar-refractivity contribution in [3.63, 3.8) is 0 Å². The van der Waals surface area contributed by atoms with Crippen molar-refractivity contribution in [2.45, 2.75) is 38.2 Å². The van der Waals surface area contributed by atoms with Gasteiger partial charge in [-0.3, -0.25) is 0 Å². The summed E-state index contributed by atoms with van der Waals surface area (Å²) in [5, 5.41) is 19.3. The predicted octanol–water partition coefficient (Wildman–Crippen LogP) is 1.22. The molecule has 0 unspecified atom stereocenters. The maximum Gasteiger partial charge on any atom is 0.339 e. The first-order valence-corrected chi connectivity index (χ1v) is 6.42. The van der Waals surface area contributed by atoms with Crippen molar-refractivity contribution in [1.82, 2.24) is 9.97 Å². The zero-order chi connectivity index (χ0) is 14.0. The van der Waals surface area contributed by atoms with Gasteiger partial charge in [0.05, 0.1) is 16.9 Å². The van der Waals surface area contributed by atoms with Crippen LogP contribution < -0.4 is 4.90 Å². The van der Waals surface area contributed by atoms with E-state index in [4.69, 9.17) is 5.11 Å². The van der Waals surface area contributed by atoms with Crippen molar-refractivity contribution < 1.29 is 15.0 Å². The minimum atomic E-state index is -1.03. The summed E-state index contributed by atoms with van der Waals surface area (Å²) in [6.45, 7) is 2.12. The number of likely N-dealkylation sites (N-methyl/N-ethyl adjacent to an activating group) is 1. The molecule has 0 atom stereocenters. The molecule has 1 aliphatic rings. The van der Waals surface area contributed by atoms with Crippen LogP contribution in [0.15, 0.2) is 6.20 Å². The topological polar surface area (TPSA) is 86.5 Å². The smallest absolute Gasteiger partial charge is 0.339 e. The fourth-order valence-electron chi connectivity index (χ4n) is 2.55. The van der Waals surface area contributed by atoms with Gasteiger partial charge in [-0.1, -0.05) is 12.8 Å². The number of anilines is 1. The van der Waals surface area contributed by atoms with Gasteiger partial charge in [0.1, 0.15) is 0 Å². The van der Waals surface area contributed by atoms with Crippen molar-refractivity contribution in [1.29, 1.82) is 0 Å². The number of aryl methyl sites for hydroxylation is 1. The maximum atomic E-state index is 10.9. The van der Waals surface area contributed by atoms with Crippen LogP contribution in [0.25, 0.3) is 0 Å². The molecule has 1 heterocycles. The Morgan fingerprint density at radius 2 is 2.11 bits per heavy atom. The molecule has 104 valence electrons. The summed E-state index contributed by atoms with van der Waals surface area (Å²) >= 11 is 0. The molecule has 6 heteroatoms. The monoisotopic (exact) mass is 265 g/mol. The Morgan fingerprint density at radius 3 is 2.63 bits per heavy atom. The second-order valence-electron chi connectivity index (χ2n) is 5.26. The van der Waals surface area contributed by atoms with Gasteiger partial charge in [0.2, 0.25) is 5.95 Å². The molecule has 6 nitrogen and oxygen atoms in total. The van der Waals surface area contributed by atoms with Gasteiger partial charge in [-0.15, -0.1) is 0 Å². The van der Waals surface area contributed by atoms with Gasteiger partial charge in [0.15, 0.2) is 0 Å². The molecule has 1 aromatic rings. The zero-order valence-corrected chi connectivity index (χ0v) is 11.3. The van der Waals surface area contributed by atoms with E-state index in [2.05, 4.69) is 9.97 Å². The standard InChI is InChI=1S/C13H19N3O3/c1-9-10(11(17)18)7-14-12(15-9)16(2)8-13(19)5-3-4-6-13/h7,19H,3-6,8H2,1-2H3,(H,17,18). The van der Waals surface area contributed by atoms with Crippen LogP contribution in [0.4, 0.5) is 5.95 Å². The number of aromatic carboxylic acids is 1. The van der Waals surface area contributed by atoms with E-state index in [-0.39, 0.29) is 5.56 Å². The maximum absolute atomic E-state index is 10.9. The highest BCUT2D eigenvalue weighted by atomic mass is 16.4. The van der Waals surface area contributed by atoms with Gasteiger partial charge >= 0.3 is 5.97 Å². The molecule has 1 aromatic heterocycles. The average Bonchev–Trinajstić information content (AvgIpc) is 2.75. The summed E-state index contributed by atoms with van der Waals surface area (Å²) < 4.78 is 0. The molecule has 2 N–H and O–H groups in total. The Morgan fingerprint density at radius 1 is 1.47 bits per heavy atom. The van der Waals surface area contributed by atoms with Crippen molar-refractivity contribution in [2.24, 2.45) is 0 Å². The van der Waals surface area contributed by atoms with E-state index < -0.39 is 11.6 Å². The fourth-order valence-corrected chi connectivity index (χ4v) is 2.55. The molecule has 0 radical (unpaired) electrons. The van der Waals surface area contributed by atoms with Crippen LogP contribution in [0.3, 0.4) is 0 Å². The zero-order valence-electron chi connectivity index (χ0n) is 11.3. The molecule has 0 amide bonds. The number of rotatable bonds is 4. The summed E-state index contributed by atoms with van der Waals surface area (Å²) in [7, 11) is 1.81. The van der Waals surface area contributed by atoms with E-state index >= 15 is 0 Å². The number of carbonyl (C=O) groups is 1. The number of nitrogens with zero attached hydrogens (tertiary/aromatic N) is 3. The van der Waals surface area contributed by atoms with Crippen LogP contribution >= 0.6 is 0 Å². The summed E-state index contributed by atoms with van der Waals surface area (Å²) in [5.74, 6) is -0.580. The molecular formula is C13H19N3O3. The molecule has 1 saturated carbocycles. The normalized spacial score (nSPS) is 17.4. The van der Waals surface area contributed by atoms with Gasteiger partial charge in [-0.25, -0.2) is 14.8 Å². The third-order valence-corrected chi connectivity index (χ3v) is 3.60. The summed E-state index contributed by atoms with van der Waals surface area (Å²) in [6.07, 6.45) is 4.99. The number of hydrogen-bond donors (Lipinski definition) is 2. The van der Waals surface area contributed by atoms with E-state index in [1.807, 2.05) is 7.05 Å². The Bertz CT molecular complexity index is 484. The Kier molecular flexibility index (Phi) is 3.71. The molecule has 0 aromatic carbocycles. The van der Waals surface area contributed by atoms with Gasteiger partial charge in [0.25, 0.3) is 0 Å². The number of carboxylic acids is 1. The summed E-state index contributed by atoms with van der Waals surface area (Å²) in [4.78, 5) is 20.9. The van der Waals surface area contributed by atoms with Crippen molar-refractivity contribution in [2.75, 3.05) is 18.5 Å². The molecule has 0 spiro atoms. The van der Waals surface area contributed by atoms with E-state index in [1.54, 1.807) is 11.8 Å². The van der Waals surface area contributed by atoms with Gasteiger partial charge in [-0.05, 0) is 19.8 Å². The number of aliphatic hydroxyl groups is 1. The minimum Gasteiger partial charge on any atom is -0.478 e. The molecule has 0 aliphatic heterocycles. The number of carboxylic acid groups (broad SMARTS) is 1. The molecular weight excluding hydrogens is 246 g/mol. The van der Waals surface area contributed by atoms with Gasteiger partial charge < -0.3 is 15.1 Å². The molecule has 1 fully saturated rings. The first kappa shape index (κ1) is 13.7. The number of hydrogen-bond acceptors (Lipinski definition) is 5. The third kappa shape index (κ3) is 3.01. The molecule has 0 saturated heterocycles. The van der Waals surface area contributed by atoms with Crippen molar-refractivity contribution in [3.05, 3.63) is 17.5 Å². The first-order valence-electron chi connectivity index (χ1n) is 6.42. The van der Waals surface area contributed by atoms with Crippen LogP contribution in [-0.2, 0) is 0 Å². The fraction of sp³-hybridized carbons (Fsp3) is 0.615. The van der Waals surface area contributed by atoms with Crippen LogP contribution in [0.1, 0.15) is 41.7 Å². The highest BCUT2D eigenvalue weighted by molar-refractivity contribution is 5.88. The lowest BCUT2D eigenvalue weighted by molar-refractivity contribution is 0.0555. The van der Waals surface area contributed by atoms with Crippen molar-refractivity contribution in [3.8, 4) is 0 Å². The highest BCUT2D eigenvalue weighted by Crippen LogP contribution is 2.30. The van der Waals surface area contributed by atoms with Gasteiger partial charge in [-0.2, -0.15) is 0 Å². The van der Waals surface area contributed by atoms with E-state index in [0.29, 0.717) is 18.2 Å². The minimum absolute atomic E-state index is 0.108. The third-order valence-electron chi connectivity index (χ3n) is 3.60. The van der Waals surface area contributed by atoms with Crippen LogP contribution in [0.2, 0.25) is 0 Å². The lowest BCUT2D eigenvalue weighted by atomic mass is 10.0. The van der Waals surface area contributed by atoms with Gasteiger partial charge in [0, 0.05) is 19.8 Å². The molecule has 1 aliphatic carbocycles. The quantitative estimate of drug-likeness (QED) is 0.851. The van der Waals surface area contributed by atoms with E-state index in [1.165, 1.54) is 6.20 Å². The molecule has 0 bridgehead atoms. The molecule has 2 rings (SSSR count). The Labute approximate surface area is 112 Å². The van der Waals surface area contributed by atoms with E-state index in [0.717, 1.165) is 25.7 Å². The average molecular weight is 265 g/mol. The second-order valence-corrected chi connectivity index (χ2v) is 5.26. The Hall–Kier alpha value is -1.69. The highest BCUT2D eigenvalue weighted by Gasteiger charge is 2.32. The van der Waals surface area contributed by atoms with E-state index in [9.17, 15) is 9.90 Å². The lowest BCUT2D eigenvalue weighted by Gasteiger charge is -2.28. The lowest BCUT2D eigenvalue weighted by Crippen LogP contribution is -2.40. The van der Waals surface area contributed by atoms with Crippen molar-refractivity contribution >= 4 is 11.9 Å². The van der Waals surface area contributed by atoms with Crippen LogP contribution in [0, 0.1) is 6.92 Å². The SMILES string of the molecule is Cc1nc(N(C)CC2(O)CCCC2)ncc1C(=O)O. The Balaban J connectivity index is 2.13. The molecule has 19 heavy (non-hydrogen) atoms. The van der Waals surface area contributed by atoms with Crippen LogP contribution in [0.5, 0.6) is 0 Å². The largest absolute Gasteiger partial charge is 0.478 e. The second kappa shape index (κ2) is 5.13. The number of aromatic nitrogens is 2. The summed E-state index contributed by atoms with van der Waals surface area (Å²) in [6, 6.07) is 0. The first-order chi connectivity index (χ1) is 8.91. The summed E-state index contributed by atoms with van der Waals surface area (Å²) in [5.41, 5.74) is -0.128. The predicted molar refractivity (Wildman–Crippen MR) is 70.4 cm³/mol.